The highest BCUT2D eigenvalue weighted by Crippen LogP contribution is 2.41. The first-order valence-corrected chi connectivity index (χ1v) is 9.90. The largest absolute Gasteiger partial charge is 0.368 e. The molecule has 4 aromatic rings. The number of nitrogens with one attached hydrogen (secondary N) is 1. The maximum Gasteiger partial charge on any atom is 0.227 e. The summed E-state index contributed by atoms with van der Waals surface area (Å²) in [6.07, 6.45) is 8.70. The van der Waals surface area contributed by atoms with Crippen LogP contribution in [0.3, 0.4) is 0 Å². The first kappa shape index (κ1) is 19.8. The van der Waals surface area contributed by atoms with Crippen LogP contribution in [-0.4, -0.2) is 50.1 Å². The second-order valence-electron chi connectivity index (χ2n) is 8.11. The van der Waals surface area contributed by atoms with Gasteiger partial charge in [0.1, 0.15) is 5.65 Å². The molecule has 8 heteroatoms. The van der Waals surface area contributed by atoms with Gasteiger partial charge in [0.15, 0.2) is 0 Å². The molecular weight excluding hydrogens is 378 g/mol. The number of hydrogen-bond acceptors (Lipinski definition) is 6. The van der Waals surface area contributed by atoms with Crippen molar-refractivity contribution in [1.82, 2.24) is 30.0 Å². The first-order valence-electron chi connectivity index (χ1n) is 9.90. The Hall–Kier alpha value is -3.55. The summed E-state index contributed by atoms with van der Waals surface area (Å²) in [5, 5.41) is 9.94. The van der Waals surface area contributed by atoms with E-state index in [-0.39, 0.29) is 14.2 Å². The third-order valence-corrected chi connectivity index (χ3v) is 5.66. The Morgan fingerprint density at radius 3 is 2.73 bits per heavy atom. The van der Waals surface area contributed by atoms with Crippen LogP contribution in [0.4, 0.5) is 5.95 Å². The fourth-order valence-corrected chi connectivity index (χ4v) is 3.78. The highest BCUT2D eigenvalue weighted by atomic mass is 16.2. The summed E-state index contributed by atoms with van der Waals surface area (Å²) >= 11 is 0. The molecule has 0 atom stereocenters. The number of rotatable bonds is 2. The summed E-state index contributed by atoms with van der Waals surface area (Å²) in [6.45, 7) is 2.05. The maximum absolute atomic E-state index is 11.4. The number of aromatic nitrogens is 5. The van der Waals surface area contributed by atoms with E-state index in [1.54, 1.807) is 17.3 Å². The summed E-state index contributed by atoms with van der Waals surface area (Å²) in [5.41, 5.74) is 9.30. The number of H-pyrrole nitrogens is 1. The molecule has 1 saturated carbocycles. The Balaban J connectivity index is 0.000000261. The standard InChI is InChI=1S/C14H10N6.C8H15NO.2H2/c15-14-17-7-11-10(6-16-13(11)19-14)8-1-2-12-9(5-8)3-4-18-20-12;1-8(5-4-6-8)7(10)9(2)3;;/h1-7H,(H3,15,16,17,19);4-6H2,1-3H3;2*1H. The minimum absolute atomic E-state index is 0. The van der Waals surface area contributed by atoms with E-state index in [0.29, 0.717) is 5.91 Å². The Labute approximate surface area is 177 Å². The normalized spacial score (nSPS) is 14.6. The van der Waals surface area contributed by atoms with Crippen molar-refractivity contribution in [2.75, 3.05) is 19.8 Å². The van der Waals surface area contributed by atoms with Gasteiger partial charge in [0.25, 0.3) is 0 Å². The number of carbonyl (C=O) groups is 1. The second kappa shape index (κ2) is 7.70. The van der Waals surface area contributed by atoms with Gasteiger partial charge < -0.3 is 15.6 Å². The molecule has 1 aromatic carbocycles. The van der Waals surface area contributed by atoms with Gasteiger partial charge in [-0.3, -0.25) is 4.79 Å². The number of nitrogens with zero attached hydrogens (tertiary/aromatic N) is 5. The summed E-state index contributed by atoms with van der Waals surface area (Å²) in [4.78, 5) is 24.4. The van der Waals surface area contributed by atoms with Crippen molar-refractivity contribution in [3.8, 4) is 11.1 Å². The maximum atomic E-state index is 11.4. The van der Waals surface area contributed by atoms with Crippen LogP contribution >= 0.6 is 0 Å². The minimum Gasteiger partial charge on any atom is -0.368 e. The molecule has 1 fully saturated rings. The van der Waals surface area contributed by atoms with Crippen molar-refractivity contribution in [1.29, 1.82) is 0 Å². The number of fused-ring (bicyclic) bond motifs is 2. The van der Waals surface area contributed by atoms with Gasteiger partial charge in [-0.15, -0.1) is 0 Å². The quantitative estimate of drug-likeness (QED) is 0.521. The molecule has 0 radical (unpaired) electrons. The van der Waals surface area contributed by atoms with Crippen LogP contribution in [0, 0.1) is 5.41 Å². The Kier molecular flexibility index (Phi) is 5.07. The van der Waals surface area contributed by atoms with Gasteiger partial charge in [-0.2, -0.15) is 15.2 Å². The van der Waals surface area contributed by atoms with Crippen molar-refractivity contribution in [2.24, 2.45) is 5.41 Å². The molecule has 1 aliphatic rings. The number of nitrogen functional groups attached to an aromatic ring is 1. The number of amides is 1. The lowest BCUT2D eigenvalue weighted by molar-refractivity contribution is -0.143. The topological polar surface area (TPSA) is 114 Å². The number of carbonyl (C=O) groups excluding carboxylic acids is 1. The van der Waals surface area contributed by atoms with Crippen LogP contribution < -0.4 is 5.73 Å². The first-order chi connectivity index (χ1) is 14.4. The SMILES string of the molecule is CN(C)C(=O)C1(C)CCC1.Nc1ncc2c(-c3ccc4nnccc4c3)c[nH]c2n1.[HH].[HH]. The molecule has 5 rings (SSSR count). The van der Waals surface area contributed by atoms with E-state index in [1.165, 1.54) is 6.42 Å². The molecule has 0 unspecified atom stereocenters. The third kappa shape index (κ3) is 3.68. The fraction of sp³-hybridized carbons (Fsp3) is 0.318. The lowest BCUT2D eigenvalue weighted by Gasteiger charge is -2.38. The second-order valence-corrected chi connectivity index (χ2v) is 8.11. The molecule has 1 aliphatic carbocycles. The van der Waals surface area contributed by atoms with E-state index in [1.807, 2.05) is 38.5 Å². The van der Waals surface area contributed by atoms with E-state index in [4.69, 9.17) is 5.73 Å². The number of aromatic amines is 1. The van der Waals surface area contributed by atoms with Gasteiger partial charge in [0.05, 0.1) is 11.7 Å². The average molecular weight is 408 g/mol. The van der Waals surface area contributed by atoms with Gasteiger partial charge in [-0.1, -0.05) is 19.4 Å². The summed E-state index contributed by atoms with van der Waals surface area (Å²) in [7, 11) is 3.65. The molecule has 158 valence electrons. The Morgan fingerprint density at radius 1 is 1.27 bits per heavy atom. The van der Waals surface area contributed by atoms with E-state index < -0.39 is 0 Å². The van der Waals surface area contributed by atoms with Crippen LogP contribution in [0.15, 0.2) is 42.9 Å². The minimum atomic E-state index is -0.0104. The van der Waals surface area contributed by atoms with Crippen molar-refractivity contribution in [3.63, 3.8) is 0 Å². The van der Waals surface area contributed by atoms with E-state index >= 15 is 0 Å². The zero-order valence-corrected chi connectivity index (χ0v) is 17.4. The molecular formula is C22H29N7O. The zero-order chi connectivity index (χ0) is 21.3. The lowest BCUT2D eigenvalue weighted by atomic mass is 9.69. The van der Waals surface area contributed by atoms with E-state index in [0.717, 1.165) is 45.9 Å². The summed E-state index contributed by atoms with van der Waals surface area (Å²) < 4.78 is 0. The smallest absolute Gasteiger partial charge is 0.227 e. The van der Waals surface area contributed by atoms with E-state index in [2.05, 4.69) is 38.1 Å². The van der Waals surface area contributed by atoms with Crippen LogP contribution in [0.5, 0.6) is 0 Å². The lowest BCUT2D eigenvalue weighted by Crippen LogP contribution is -2.42. The van der Waals surface area contributed by atoms with Crippen LogP contribution in [-0.2, 0) is 4.79 Å². The van der Waals surface area contributed by atoms with Gasteiger partial charge in [0, 0.05) is 51.1 Å². The molecule has 1 amide bonds. The van der Waals surface area contributed by atoms with E-state index in [9.17, 15) is 4.79 Å². The molecule has 0 saturated heterocycles. The summed E-state index contributed by atoms with van der Waals surface area (Å²) in [5.74, 6) is 0.554. The molecule has 8 nitrogen and oxygen atoms in total. The average Bonchev–Trinajstić information content (AvgIpc) is 3.14. The third-order valence-electron chi connectivity index (χ3n) is 5.66. The number of nitrogens with two attached hydrogens (primary N) is 1. The number of hydrogen-bond donors (Lipinski definition) is 2. The van der Waals surface area contributed by atoms with Gasteiger partial charge in [-0.05, 0) is 36.6 Å². The fourth-order valence-electron chi connectivity index (χ4n) is 3.78. The van der Waals surface area contributed by atoms with Gasteiger partial charge in [-0.25, -0.2) is 4.98 Å². The molecule has 3 aromatic heterocycles. The molecule has 0 bridgehead atoms. The Morgan fingerprint density at radius 2 is 2.07 bits per heavy atom. The van der Waals surface area contributed by atoms with Crippen molar-refractivity contribution in [3.05, 3.63) is 42.9 Å². The molecule has 0 aliphatic heterocycles. The molecule has 3 N–H and O–H groups in total. The van der Waals surface area contributed by atoms with Crippen molar-refractivity contribution >= 4 is 33.8 Å². The Bertz CT molecular complexity index is 1220. The van der Waals surface area contributed by atoms with Crippen molar-refractivity contribution < 1.29 is 7.65 Å². The van der Waals surface area contributed by atoms with Crippen molar-refractivity contribution in [2.45, 2.75) is 26.2 Å². The molecule has 30 heavy (non-hydrogen) atoms. The van der Waals surface area contributed by atoms with Gasteiger partial charge >= 0.3 is 0 Å². The predicted octanol–water partition coefficient (Wildman–Crippen LogP) is 3.91. The highest BCUT2D eigenvalue weighted by molar-refractivity contribution is 5.96. The van der Waals surface area contributed by atoms with Gasteiger partial charge in [0.2, 0.25) is 11.9 Å². The number of benzene rings is 1. The van der Waals surface area contributed by atoms with Crippen LogP contribution in [0.1, 0.15) is 29.0 Å². The number of anilines is 1. The molecule has 0 spiro atoms. The zero-order valence-electron chi connectivity index (χ0n) is 17.4. The molecule has 3 heterocycles. The van der Waals surface area contributed by atoms with Crippen LogP contribution in [0.25, 0.3) is 33.1 Å². The highest BCUT2D eigenvalue weighted by Gasteiger charge is 2.39. The predicted molar refractivity (Wildman–Crippen MR) is 122 cm³/mol. The summed E-state index contributed by atoms with van der Waals surface area (Å²) in [6, 6.07) is 7.97. The monoisotopic (exact) mass is 407 g/mol. The van der Waals surface area contributed by atoms with Crippen LogP contribution in [0.2, 0.25) is 0 Å².